The molecule has 0 unspecified atom stereocenters. The number of amides is 1. The lowest BCUT2D eigenvalue weighted by Gasteiger charge is -2.09. The largest absolute Gasteiger partial charge is 0.325 e. The summed E-state index contributed by atoms with van der Waals surface area (Å²) in [5.41, 5.74) is 2.30. The Morgan fingerprint density at radius 1 is 1.04 bits per heavy atom. The topological polar surface area (TPSA) is 75.3 Å². The number of carbonyl (C=O) groups excluding carboxylic acids is 1. The molecule has 0 saturated heterocycles. The first-order valence-corrected chi connectivity index (χ1v) is 11.4. The molecule has 0 radical (unpaired) electrons. The Kier molecular flexibility index (Phi) is 6.20. The van der Waals surface area contributed by atoms with Crippen LogP contribution in [0, 0.1) is 6.92 Å². The van der Waals surface area contributed by atoms with E-state index in [1.807, 2.05) is 31.2 Å². The molecule has 1 aromatic heterocycles. The van der Waals surface area contributed by atoms with Gasteiger partial charge in [0.1, 0.15) is 4.21 Å². The summed E-state index contributed by atoms with van der Waals surface area (Å²) in [5.74, 6) is 0.186. The Hall–Kier alpha value is -2.29. The highest BCUT2D eigenvalue weighted by Crippen LogP contribution is 2.24. The summed E-state index contributed by atoms with van der Waals surface area (Å²) in [6, 6.07) is 17.8. The molecule has 0 bridgehead atoms. The van der Waals surface area contributed by atoms with Crippen molar-refractivity contribution in [3.63, 3.8) is 0 Å². The monoisotopic (exact) mass is 418 g/mol. The van der Waals surface area contributed by atoms with Gasteiger partial charge in [-0.3, -0.25) is 9.52 Å². The van der Waals surface area contributed by atoms with Crippen molar-refractivity contribution in [2.75, 3.05) is 15.8 Å². The zero-order valence-electron chi connectivity index (χ0n) is 14.5. The fourth-order valence-electron chi connectivity index (χ4n) is 2.29. The lowest BCUT2D eigenvalue weighted by atomic mass is 10.2. The van der Waals surface area contributed by atoms with Crippen LogP contribution in [0.3, 0.4) is 0 Å². The van der Waals surface area contributed by atoms with Crippen LogP contribution >= 0.6 is 23.1 Å². The molecule has 8 heteroatoms. The number of sulfonamides is 1. The van der Waals surface area contributed by atoms with Gasteiger partial charge in [0, 0.05) is 16.3 Å². The molecule has 2 aromatic carbocycles. The second-order valence-electron chi connectivity index (χ2n) is 5.71. The quantitative estimate of drug-likeness (QED) is 0.551. The summed E-state index contributed by atoms with van der Waals surface area (Å²) in [5, 5.41) is 4.61. The highest BCUT2D eigenvalue weighted by molar-refractivity contribution is 8.00. The molecule has 0 aliphatic rings. The summed E-state index contributed by atoms with van der Waals surface area (Å²) in [6.07, 6.45) is 0. The average molecular weight is 419 g/mol. The second kappa shape index (κ2) is 8.60. The van der Waals surface area contributed by atoms with E-state index >= 15 is 0 Å². The number of carbonyl (C=O) groups is 1. The molecule has 0 spiro atoms. The summed E-state index contributed by atoms with van der Waals surface area (Å²) < 4.78 is 27.2. The van der Waals surface area contributed by atoms with Crippen LogP contribution in [-0.4, -0.2) is 20.1 Å². The third-order valence-corrected chi connectivity index (χ3v) is 7.45. The van der Waals surface area contributed by atoms with Gasteiger partial charge in [0.05, 0.1) is 5.75 Å². The van der Waals surface area contributed by atoms with Gasteiger partial charge in [-0.1, -0.05) is 24.3 Å². The number of hydrogen-bond donors (Lipinski definition) is 2. The van der Waals surface area contributed by atoms with Crippen LogP contribution in [0.2, 0.25) is 0 Å². The zero-order valence-corrected chi connectivity index (χ0v) is 17.0. The minimum Gasteiger partial charge on any atom is -0.325 e. The van der Waals surface area contributed by atoms with Crippen LogP contribution in [0.4, 0.5) is 11.4 Å². The maximum absolute atomic E-state index is 12.2. The van der Waals surface area contributed by atoms with Crippen molar-refractivity contribution in [2.45, 2.75) is 16.0 Å². The first kappa shape index (κ1) is 19.5. The van der Waals surface area contributed by atoms with Gasteiger partial charge in [0.25, 0.3) is 10.0 Å². The van der Waals surface area contributed by atoms with Crippen molar-refractivity contribution in [3.05, 3.63) is 71.6 Å². The van der Waals surface area contributed by atoms with E-state index in [9.17, 15) is 13.2 Å². The number of rotatable bonds is 7. The molecule has 0 saturated carbocycles. The summed E-state index contributed by atoms with van der Waals surface area (Å²) in [7, 11) is -3.55. The van der Waals surface area contributed by atoms with Gasteiger partial charge in [-0.25, -0.2) is 8.42 Å². The van der Waals surface area contributed by atoms with Gasteiger partial charge in [-0.05, 0) is 54.3 Å². The van der Waals surface area contributed by atoms with Crippen LogP contribution in [0.25, 0.3) is 0 Å². The second-order valence-corrected chi connectivity index (χ2v) is 9.62. The Morgan fingerprint density at radius 2 is 1.78 bits per heavy atom. The first-order valence-electron chi connectivity index (χ1n) is 8.09. The standard InChI is InChI=1S/C19H18N2O3S3/c1-14-5-2-3-6-17(14)20-18(22)13-26-16-10-8-15(9-11-16)21-27(23,24)19-7-4-12-25-19/h2-12,21H,13H2,1H3,(H,20,22). The van der Waals surface area contributed by atoms with Gasteiger partial charge in [0.15, 0.2) is 0 Å². The first-order chi connectivity index (χ1) is 12.9. The van der Waals surface area contributed by atoms with E-state index < -0.39 is 10.0 Å². The van der Waals surface area contributed by atoms with Crippen molar-refractivity contribution in [1.29, 1.82) is 0 Å². The molecule has 5 nitrogen and oxygen atoms in total. The molecule has 27 heavy (non-hydrogen) atoms. The normalized spacial score (nSPS) is 11.1. The molecule has 0 fully saturated rings. The van der Waals surface area contributed by atoms with Crippen molar-refractivity contribution < 1.29 is 13.2 Å². The summed E-state index contributed by atoms with van der Waals surface area (Å²) >= 11 is 2.56. The maximum atomic E-state index is 12.2. The highest BCUT2D eigenvalue weighted by atomic mass is 32.2. The molecule has 3 rings (SSSR count). The van der Waals surface area contributed by atoms with E-state index in [1.165, 1.54) is 23.1 Å². The SMILES string of the molecule is Cc1ccccc1NC(=O)CSc1ccc(NS(=O)(=O)c2cccs2)cc1. The lowest BCUT2D eigenvalue weighted by molar-refractivity contribution is -0.113. The molecule has 0 atom stereocenters. The van der Waals surface area contributed by atoms with Gasteiger partial charge in [-0.15, -0.1) is 23.1 Å². The predicted molar refractivity (Wildman–Crippen MR) is 112 cm³/mol. The van der Waals surface area contributed by atoms with E-state index in [1.54, 1.807) is 41.8 Å². The van der Waals surface area contributed by atoms with Crippen LogP contribution in [0.1, 0.15) is 5.56 Å². The van der Waals surface area contributed by atoms with E-state index in [2.05, 4.69) is 10.0 Å². The van der Waals surface area contributed by atoms with E-state index in [0.717, 1.165) is 16.1 Å². The number of benzene rings is 2. The number of aryl methyl sites for hydroxylation is 1. The number of hydrogen-bond acceptors (Lipinski definition) is 5. The van der Waals surface area contributed by atoms with Crippen LogP contribution in [0.5, 0.6) is 0 Å². The third kappa shape index (κ3) is 5.35. The zero-order chi connectivity index (χ0) is 19.3. The van der Waals surface area contributed by atoms with Crippen LogP contribution in [-0.2, 0) is 14.8 Å². The van der Waals surface area contributed by atoms with E-state index in [-0.39, 0.29) is 15.9 Å². The van der Waals surface area contributed by atoms with Gasteiger partial charge < -0.3 is 5.32 Å². The molecule has 2 N–H and O–H groups in total. The summed E-state index contributed by atoms with van der Waals surface area (Å²) in [6.45, 7) is 1.94. The number of para-hydroxylation sites is 1. The Morgan fingerprint density at radius 3 is 2.44 bits per heavy atom. The molecular formula is C19H18N2O3S3. The number of anilines is 2. The smallest absolute Gasteiger partial charge is 0.271 e. The average Bonchev–Trinajstić information content (AvgIpc) is 3.19. The van der Waals surface area contributed by atoms with Crippen LogP contribution in [0.15, 0.2) is 75.1 Å². The Labute approximate surface area is 166 Å². The van der Waals surface area contributed by atoms with Gasteiger partial charge in [0.2, 0.25) is 5.91 Å². The van der Waals surface area contributed by atoms with Gasteiger partial charge in [-0.2, -0.15) is 0 Å². The molecule has 0 aliphatic carbocycles. The van der Waals surface area contributed by atoms with Crippen molar-refractivity contribution in [2.24, 2.45) is 0 Å². The molecule has 1 amide bonds. The van der Waals surface area contributed by atoms with Gasteiger partial charge >= 0.3 is 0 Å². The highest BCUT2D eigenvalue weighted by Gasteiger charge is 2.15. The summed E-state index contributed by atoms with van der Waals surface area (Å²) in [4.78, 5) is 13.0. The molecule has 140 valence electrons. The number of thioether (sulfide) groups is 1. The van der Waals surface area contributed by atoms with Crippen molar-refractivity contribution >= 4 is 50.4 Å². The Bertz CT molecular complexity index is 1010. The minimum atomic E-state index is -3.55. The van der Waals surface area contributed by atoms with E-state index in [0.29, 0.717) is 5.69 Å². The predicted octanol–water partition coefficient (Wildman–Crippen LogP) is 4.59. The van der Waals surface area contributed by atoms with Crippen molar-refractivity contribution in [1.82, 2.24) is 0 Å². The fraction of sp³-hybridized carbons (Fsp3) is 0.105. The van der Waals surface area contributed by atoms with Crippen LogP contribution < -0.4 is 10.0 Å². The molecule has 0 aliphatic heterocycles. The fourth-order valence-corrected chi connectivity index (χ4v) is 5.04. The third-order valence-electron chi connectivity index (χ3n) is 3.66. The van der Waals surface area contributed by atoms with Crippen molar-refractivity contribution in [3.8, 4) is 0 Å². The number of thiophene rings is 1. The Balaban J connectivity index is 1.55. The molecular weight excluding hydrogens is 400 g/mol. The van der Waals surface area contributed by atoms with E-state index in [4.69, 9.17) is 0 Å². The molecule has 3 aromatic rings. The lowest BCUT2D eigenvalue weighted by Crippen LogP contribution is -2.14. The maximum Gasteiger partial charge on any atom is 0.271 e. The number of nitrogens with one attached hydrogen (secondary N) is 2. The minimum absolute atomic E-state index is 0.0863. The molecule has 1 heterocycles.